The Morgan fingerprint density at radius 1 is 1.06 bits per heavy atom. The molecule has 0 heterocycles. The SMILES string of the molecule is Nc1cccc(CCOc2ccc(F)cc2)c1. The molecule has 0 aliphatic heterocycles. The zero-order valence-corrected chi connectivity index (χ0v) is 9.40. The molecule has 0 fully saturated rings. The van der Waals surface area contributed by atoms with Crippen LogP contribution in [0.3, 0.4) is 0 Å². The quantitative estimate of drug-likeness (QED) is 0.821. The third-order valence-electron chi connectivity index (χ3n) is 2.42. The van der Waals surface area contributed by atoms with Crippen LogP contribution in [0, 0.1) is 5.82 Å². The summed E-state index contributed by atoms with van der Waals surface area (Å²) < 4.78 is 18.1. The largest absolute Gasteiger partial charge is 0.493 e. The van der Waals surface area contributed by atoms with Gasteiger partial charge >= 0.3 is 0 Å². The van der Waals surface area contributed by atoms with E-state index in [0.29, 0.717) is 12.4 Å². The van der Waals surface area contributed by atoms with E-state index in [2.05, 4.69) is 0 Å². The fraction of sp³-hybridized carbons (Fsp3) is 0.143. The summed E-state index contributed by atoms with van der Waals surface area (Å²) in [7, 11) is 0. The van der Waals surface area contributed by atoms with Crippen molar-refractivity contribution in [3.05, 3.63) is 59.9 Å². The van der Waals surface area contributed by atoms with Gasteiger partial charge in [0.25, 0.3) is 0 Å². The normalized spacial score (nSPS) is 10.2. The summed E-state index contributed by atoms with van der Waals surface area (Å²) in [5.41, 5.74) is 7.56. The molecule has 3 heteroatoms. The van der Waals surface area contributed by atoms with Gasteiger partial charge in [-0.05, 0) is 42.0 Å². The standard InChI is InChI=1S/C14H14FNO/c15-12-4-6-14(7-5-12)17-9-8-11-2-1-3-13(16)10-11/h1-7,10H,8-9,16H2. The van der Waals surface area contributed by atoms with Crippen LogP contribution < -0.4 is 10.5 Å². The Morgan fingerprint density at radius 2 is 1.82 bits per heavy atom. The second-order valence-corrected chi connectivity index (χ2v) is 3.80. The van der Waals surface area contributed by atoms with Crippen LogP contribution in [0.15, 0.2) is 48.5 Å². The van der Waals surface area contributed by atoms with Crippen LogP contribution in [-0.2, 0) is 6.42 Å². The highest BCUT2D eigenvalue weighted by Gasteiger charge is 1.97. The molecule has 2 aromatic rings. The summed E-state index contributed by atoms with van der Waals surface area (Å²) >= 11 is 0. The topological polar surface area (TPSA) is 35.2 Å². The summed E-state index contributed by atoms with van der Waals surface area (Å²) in [6, 6.07) is 13.7. The van der Waals surface area contributed by atoms with Crippen molar-refractivity contribution >= 4 is 5.69 Å². The lowest BCUT2D eigenvalue weighted by Crippen LogP contribution is -2.01. The number of anilines is 1. The second kappa shape index (κ2) is 5.34. The lowest BCUT2D eigenvalue weighted by molar-refractivity contribution is 0.321. The van der Waals surface area contributed by atoms with Gasteiger partial charge in [0.15, 0.2) is 0 Å². The average Bonchev–Trinajstić information content (AvgIpc) is 2.32. The van der Waals surface area contributed by atoms with E-state index in [1.807, 2.05) is 24.3 Å². The van der Waals surface area contributed by atoms with Gasteiger partial charge in [0.05, 0.1) is 6.61 Å². The van der Waals surface area contributed by atoms with Gasteiger partial charge in [-0.15, -0.1) is 0 Å². The van der Waals surface area contributed by atoms with Gasteiger partial charge in [-0.3, -0.25) is 0 Å². The van der Waals surface area contributed by atoms with E-state index < -0.39 is 0 Å². The van der Waals surface area contributed by atoms with E-state index in [0.717, 1.165) is 17.7 Å². The molecule has 0 saturated heterocycles. The van der Waals surface area contributed by atoms with Crippen molar-refractivity contribution < 1.29 is 9.13 Å². The fourth-order valence-electron chi connectivity index (χ4n) is 1.57. The number of ether oxygens (including phenoxy) is 1. The Labute approximate surface area is 99.8 Å². The van der Waals surface area contributed by atoms with Gasteiger partial charge in [-0.2, -0.15) is 0 Å². The minimum Gasteiger partial charge on any atom is -0.493 e. The molecule has 0 bridgehead atoms. The summed E-state index contributed by atoms with van der Waals surface area (Å²) in [6.07, 6.45) is 0.780. The molecule has 17 heavy (non-hydrogen) atoms. The third kappa shape index (κ3) is 3.48. The van der Waals surface area contributed by atoms with E-state index in [1.54, 1.807) is 12.1 Å². The molecule has 2 nitrogen and oxygen atoms in total. The first-order valence-electron chi connectivity index (χ1n) is 5.47. The van der Waals surface area contributed by atoms with Gasteiger partial charge in [0, 0.05) is 12.1 Å². The Kier molecular flexibility index (Phi) is 3.60. The summed E-state index contributed by atoms with van der Waals surface area (Å²) in [5, 5.41) is 0. The van der Waals surface area contributed by atoms with Crippen LogP contribution in [0.1, 0.15) is 5.56 Å². The van der Waals surface area contributed by atoms with Crippen molar-refractivity contribution in [3.8, 4) is 5.75 Å². The number of benzene rings is 2. The minimum atomic E-state index is -0.256. The van der Waals surface area contributed by atoms with Crippen LogP contribution in [0.25, 0.3) is 0 Å². The second-order valence-electron chi connectivity index (χ2n) is 3.80. The fourth-order valence-corrected chi connectivity index (χ4v) is 1.57. The molecule has 88 valence electrons. The van der Waals surface area contributed by atoms with Crippen molar-refractivity contribution in [3.63, 3.8) is 0 Å². The smallest absolute Gasteiger partial charge is 0.123 e. The van der Waals surface area contributed by atoms with Gasteiger partial charge in [-0.1, -0.05) is 12.1 Å². The molecular formula is C14H14FNO. The molecule has 2 rings (SSSR count). The van der Waals surface area contributed by atoms with E-state index in [4.69, 9.17) is 10.5 Å². The highest BCUT2D eigenvalue weighted by Crippen LogP contribution is 2.12. The molecule has 0 amide bonds. The first-order chi connectivity index (χ1) is 8.24. The van der Waals surface area contributed by atoms with E-state index in [9.17, 15) is 4.39 Å². The number of nitrogen functional groups attached to an aromatic ring is 1. The average molecular weight is 231 g/mol. The van der Waals surface area contributed by atoms with Crippen LogP contribution in [0.5, 0.6) is 5.75 Å². The zero-order valence-electron chi connectivity index (χ0n) is 9.40. The van der Waals surface area contributed by atoms with Crippen LogP contribution in [-0.4, -0.2) is 6.61 Å². The molecule has 2 aromatic carbocycles. The maximum atomic E-state index is 12.6. The van der Waals surface area contributed by atoms with Gasteiger partial charge in [0.1, 0.15) is 11.6 Å². The summed E-state index contributed by atoms with van der Waals surface area (Å²) in [5.74, 6) is 0.420. The molecule has 0 aromatic heterocycles. The molecular weight excluding hydrogens is 217 g/mol. The predicted octanol–water partition coefficient (Wildman–Crippen LogP) is 3.03. The number of nitrogens with two attached hydrogens (primary N) is 1. The number of hydrogen-bond acceptors (Lipinski definition) is 2. The van der Waals surface area contributed by atoms with Crippen LogP contribution in [0.2, 0.25) is 0 Å². The van der Waals surface area contributed by atoms with Crippen molar-refractivity contribution in [1.82, 2.24) is 0 Å². The molecule has 0 unspecified atom stereocenters. The minimum absolute atomic E-state index is 0.256. The summed E-state index contributed by atoms with van der Waals surface area (Å²) in [4.78, 5) is 0. The van der Waals surface area contributed by atoms with Gasteiger partial charge in [0.2, 0.25) is 0 Å². The maximum Gasteiger partial charge on any atom is 0.123 e. The van der Waals surface area contributed by atoms with Crippen molar-refractivity contribution in [1.29, 1.82) is 0 Å². The Hall–Kier alpha value is -2.03. The summed E-state index contributed by atoms with van der Waals surface area (Å²) in [6.45, 7) is 0.551. The lowest BCUT2D eigenvalue weighted by Gasteiger charge is -2.06. The van der Waals surface area contributed by atoms with Gasteiger partial charge in [-0.25, -0.2) is 4.39 Å². The number of hydrogen-bond donors (Lipinski definition) is 1. The van der Waals surface area contributed by atoms with Crippen molar-refractivity contribution in [2.24, 2.45) is 0 Å². The highest BCUT2D eigenvalue weighted by atomic mass is 19.1. The van der Waals surface area contributed by atoms with E-state index >= 15 is 0 Å². The monoisotopic (exact) mass is 231 g/mol. The molecule has 0 aliphatic rings. The Balaban J connectivity index is 1.85. The molecule has 0 aliphatic carbocycles. The molecule has 2 N–H and O–H groups in total. The molecule has 0 spiro atoms. The molecule has 0 radical (unpaired) electrons. The maximum absolute atomic E-state index is 12.6. The number of halogens is 1. The van der Waals surface area contributed by atoms with Crippen LogP contribution in [0.4, 0.5) is 10.1 Å². The van der Waals surface area contributed by atoms with Crippen molar-refractivity contribution in [2.75, 3.05) is 12.3 Å². The first-order valence-corrected chi connectivity index (χ1v) is 5.47. The number of rotatable bonds is 4. The van der Waals surface area contributed by atoms with E-state index in [1.165, 1.54) is 12.1 Å². The highest BCUT2D eigenvalue weighted by molar-refractivity contribution is 5.40. The van der Waals surface area contributed by atoms with Crippen molar-refractivity contribution in [2.45, 2.75) is 6.42 Å². The molecule has 0 atom stereocenters. The van der Waals surface area contributed by atoms with Gasteiger partial charge < -0.3 is 10.5 Å². The van der Waals surface area contributed by atoms with E-state index in [-0.39, 0.29) is 5.82 Å². The molecule has 0 saturated carbocycles. The lowest BCUT2D eigenvalue weighted by atomic mass is 10.1. The predicted molar refractivity (Wildman–Crippen MR) is 66.5 cm³/mol. The Morgan fingerprint density at radius 3 is 2.53 bits per heavy atom. The Bertz CT molecular complexity index is 482. The van der Waals surface area contributed by atoms with Crippen LogP contribution >= 0.6 is 0 Å². The third-order valence-corrected chi connectivity index (χ3v) is 2.42. The first kappa shape index (κ1) is 11.5. The zero-order chi connectivity index (χ0) is 12.1.